The van der Waals surface area contributed by atoms with Crippen molar-refractivity contribution in [2.24, 2.45) is 11.8 Å². The minimum Gasteiger partial charge on any atom is -0.338 e. The van der Waals surface area contributed by atoms with Crippen LogP contribution in [-0.2, 0) is 13.0 Å². The number of carbonyl (C=O) groups excluding carboxylic acids is 2. The highest BCUT2D eigenvalue weighted by atomic mass is 16.2. The van der Waals surface area contributed by atoms with Gasteiger partial charge in [0.2, 0.25) is 5.82 Å². The first-order chi connectivity index (χ1) is 14.6. The van der Waals surface area contributed by atoms with Crippen molar-refractivity contribution in [2.45, 2.75) is 19.9 Å². The number of hydrogen-bond donors (Lipinski definition) is 1. The second kappa shape index (κ2) is 7.37. The molecule has 152 valence electrons. The number of nitrogens with one attached hydrogen (secondary N) is 1. The van der Waals surface area contributed by atoms with E-state index in [1.807, 2.05) is 52.8 Å². The molecule has 2 amide bonds. The van der Waals surface area contributed by atoms with E-state index >= 15 is 0 Å². The maximum Gasteiger partial charge on any atom is 0.293 e. The number of carbonyl (C=O) groups is 2. The van der Waals surface area contributed by atoms with Gasteiger partial charge in [-0.3, -0.25) is 14.6 Å². The zero-order valence-corrected chi connectivity index (χ0v) is 16.7. The Bertz CT molecular complexity index is 1110. The lowest BCUT2D eigenvalue weighted by atomic mass is 9.89. The highest BCUT2D eigenvalue weighted by Gasteiger charge is 2.40. The monoisotopic (exact) mass is 402 g/mol. The van der Waals surface area contributed by atoms with Crippen LogP contribution in [-0.4, -0.2) is 49.6 Å². The summed E-state index contributed by atoms with van der Waals surface area (Å²) in [6, 6.07) is 11.2. The summed E-state index contributed by atoms with van der Waals surface area (Å²) in [6.45, 7) is 3.92. The molecule has 4 heterocycles. The Kier molecular flexibility index (Phi) is 4.54. The smallest absolute Gasteiger partial charge is 0.293 e. The van der Waals surface area contributed by atoms with E-state index in [2.05, 4.69) is 20.5 Å². The molecule has 8 heteroatoms. The number of aromatic nitrogens is 4. The van der Waals surface area contributed by atoms with E-state index in [0.29, 0.717) is 43.4 Å². The molecule has 3 aromatic rings. The number of benzene rings is 1. The number of amides is 2. The topological polar surface area (TPSA) is 93.0 Å². The molecule has 0 unspecified atom stereocenters. The number of hydrogen-bond acceptors (Lipinski definition) is 5. The van der Waals surface area contributed by atoms with E-state index < -0.39 is 0 Å². The SMILES string of the molecule is Cc1cncc(C(=O)N2C[C@H]3Cc4nnc(C(=O)Nc5ccccc5)n4C[C@H]3C2)c1. The van der Waals surface area contributed by atoms with Crippen LogP contribution in [0.4, 0.5) is 5.69 Å². The van der Waals surface area contributed by atoms with Gasteiger partial charge in [0.15, 0.2) is 0 Å². The maximum absolute atomic E-state index is 12.9. The average Bonchev–Trinajstić information content (AvgIpc) is 3.35. The quantitative estimate of drug-likeness (QED) is 0.725. The molecule has 30 heavy (non-hydrogen) atoms. The summed E-state index contributed by atoms with van der Waals surface area (Å²) in [6.07, 6.45) is 4.08. The normalized spacial score (nSPS) is 19.8. The molecular formula is C22H22N6O2. The van der Waals surface area contributed by atoms with Crippen molar-refractivity contribution in [1.29, 1.82) is 0 Å². The molecule has 2 aromatic heterocycles. The Labute approximate surface area is 173 Å². The van der Waals surface area contributed by atoms with Gasteiger partial charge in [0.05, 0.1) is 5.56 Å². The van der Waals surface area contributed by atoms with E-state index in [-0.39, 0.29) is 17.7 Å². The molecule has 5 rings (SSSR count). The van der Waals surface area contributed by atoms with E-state index in [9.17, 15) is 9.59 Å². The summed E-state index contributed by atoms with van der Waals surface area (Å²) in [7, 11) is 0. The molecule has 0 spiro atoms. The number of fused-ring (bicyclic) bond motifs is 2. The second-order valence-electron chi connectivity index (χ2n) is 8.06. The van der Waals surface area contributed by atoms with Crippen molar-refractivity contribution < 1.29 is 9.59 Å². The molecule has 1 aromatic carbocycles. The van der Waals surface area contributed by atoms with Gasteiger partial charge in [0, 0.05) is 44.1 Å². The lowest BCUT2D eigenvalue weighted by molar-refractivity contribution is 0.0782. The van der Waals surface area contributed by atoms with Gasteiger partial charge >= 0.3 is 0 Å². The van der Waals surface area contributed by atoms with Gasteiger partial charge in [-0.2, -0.15) is 0 Å². The number of nitrogens with zero attached hydrogens (tertiary/aromatic N) is 5. The minimum atomic E-state index is -0.268. The van der Waals surface area contributed by atoms with E-state index in [4.69, 9.17) is 0 Å². The standard InChI is InChI=1S/C22H22N6O2/c1-14-7-15(10-23-9-14)22(30)27-11-16-8-19-25-26-20(28(19)13-17(16)12-27)21(29)24-18-5-3-2-4-6-18/h2-7,9-10,16-17H,8,11-13H2,1H3,(H,24,29)/t16-,17-/m1/s1. The minimum absolute atomic E-state index is 0.0124. The van der Waals surface area contributed by atoms with Crippen molar-refractivity contribution in [1.82, 2.24) is 24.6 Å². The Hall–Kier alpha value is -3.55. The summed E-state index contributed by atoms with van der Waals surface area (Å²) in [5, 5.41) is 11.3. The van der Waals surface area contributed by atoms with Crippen LogP contribution in [0.2, 0.25) is 0 Å². The Morgan fingerprint density at radius 1 is 1.03 bits per heavy atom. The average molecular weight is 402 g/mol. The third kappa shape index (κ3) is 3.34. The van der Waals surface area contributed by atoms with Crippen LogP contribution < -0.4 is 5.32 Å². The van der Waals surface area contributed by atoms with Gasteiger partial charge < -0.3 is 14.8 Å². The fourth-order valence-electron chi connectivity index (χ4n) is 4.42. The lowest BCUT2D eigenvalue weighted by Gasteiger charge is -2.25. The van der Waals surface area contributed by atoms with Crippen molar-refractivity contribution in [2.75, 3.05) is 18.4 Å². The predicted molar refractivity (Wildman–Crippen MR) is 110 cm³/mol. The van der Waals surface area contributed by atoms with Crippen LogP contribution in [0.1, 0.15) is 32.4 Å². The van der Waals surface area contributed by atoms with Crippen LogP contribution in [0.3, 0.4) is 0 Å². The molecule has 0 bridgehead atoms. The molecule has 0 aliphatic carbocycles. The van der Waals surface area contributed by atoms with Gasteiger partial charge in [-0.05, 0) is 42.5 Å². The molecule has 0 radical (unpaired) electrons. The van der Waals surface area contributed by atoms with Crippen LogP contribution in [0, 0.1) is 18.8 Å². The van der Waals surface area contributed by atoms with Crippen molar-refractivity contribution >= 4 is 17.5 Å². The molecule has 1 saturated heterocycles. The van der Waals surface area contributed by atoms with Crippen LogP contribution in [0.25, 0.3) is 0 Å². The molecule has 1 fully saturated rings. The summed E-state index contributed by atoms with van der Waals surface area (Å²) in [5.41, 5.74) is 2.31. The Morgan fingerprint density at radius 2 is 1.83 bits per heavy atom. The molecule has 2 atom stereocenters. The zero-order chi connectivity index (χ0) is 20.7. The number of likely N-dealkylation sites (tertiary alicyclic amines) is 1. The van der Waals surface area contributed by atoms with Crippen LogP contribution in [0.15, 0.2) is 48.8 Å². The number of rotatable bonds is 3. The van der Waals surface area contributed by atoms with Crippen molar-refractivity contribution in [3.63, 3.8) is 0 Å². The molecule has 1 N–H and O–H groups in total. The third-order valence-corrected chi connectivity index (χ3v) is 5.91. The first-order valence-electron chi connectivity index (χ1n) is 10.1. The van der Waals surface area contributed by atoms with Crippen LogP contribution in [0.5, 0.6) is 0 Å². The van der Waals surface area contributed by atoms with Gasteiger partial charge in [0.25, 0.3) is 11.8 Å². The lowest BCUT2D eigenvalue weighted by Crippen LogP contribution is -2.31. The first-order valence-corrected chi connectivity index (χ1v) is 10.1. The van der Waals surface area contributed by atoms with E-state index in [1.54, 1.807) is 12.4 Å². The second-order valence-corrected chi connectivity index (χ2v) is 8.06. The van der Waals surface area contributed by atoms with Gasteiger partial charge in [-0.25, -0.2) is 0 Å². The number of aryl methyl sites for hydroxylation is 1. The summed E-state index contributed by atoms with van der Waals surface area (Å²) >= 11 is 0. The zero-order valence-electron chi connectivity index (χ0n) is 16.7. The van der Waals surface area contributed by atoms with Crippen molar-refractivity contribution in [3.8, 4) is 0 Å². The Balaban J connectivity index is 1.31. The highest BCUT2D eigenvalue weighted by molar-refractivity contribution is 6.01. The molecule has 0 saturated carbocycles. The van der Waals surface area contributed by atoms with Gasteiger partial charge in [-0.15, -0.1) is 10.2 Å². The van der Waals surface area contributed by atoms with Crippen molar-refractivity contribution in [3.05, 3.63) is 71.6 Å². The first kappa shape index (κ1) is 18.5. The maximum atomic E-state index is 12.9. The van der Waals surface area contributed by atoms with Gasteiger partial charge in [-0.1, -0.05) is 18.2 Å². The van der Waals surface area contributed by atoms with Gasteiger partial charge in [0.1, 0.15) is 5.82 Å². The number of para-hydroxylation sites is 1. The highest BCUT2D eigenvalue weighted by Crippen LogP contribution is 2.33. The Morgan fingerprint density at radius 3 is 2.63 bits per heavy atom. The van der Waals surface area contributed by atoms with E-state index in [1.165, 1.54) is 0 Å². The molecule has 2 aliphatic rings. The fraction of sp³-hybridized carbons (Fsp3) is 0.318. The summed E-state index contributed by atoms with van der Waals surface area (Å²) in [5.74, 6) is 1.47. The summed E-state index contributed by atoms with van der Waals surface area (Å²) in [4.78, 5) is 31.7. The molecular weight excluding hydrogens is 380 g/mol. The third-order valence-electron chi connectivity index (χ3n) is 5.91. The summed E-state index contributed by atoms with van der Waals surface area (Å²) < 4.78 is 1.90. The predicted octanol–water partition coefficient (Wildman–Crippen LogP) is 2.18. The number of pyridine rings is 1. The fourth-order valence-corrected chi connectivity index (χ4v) is 4.42. The largest absolute Gasteiger partial charge is 0.338 e. The molecule has 8 nitrogen and oxygen atoms in total. The number of anilines is 1. The molecule has 2 aliphatic heterocycles. The van der Waals surface area contributed by atoms with E-state index in [0.717, 1.165) is 17.1 Å². The van der Waals surface area contributed by atoms with Crippen LogP contribution >= 0.6 is 0 Å².